The highest BCUT2D eigenvalue weighted by Gasteiger charge is 2.70. The number of fused-ring (bicyclic) bond motifs is 6. The van der Waals surface area contributed by atoms with Gasteiger partial charge < -0.3 is 39.3 Å². The van der Waals surface area contributed by atoms with Crippen molar-refractivity contribution in [1.82, 2.24) is 20.2 Å². The zero-order chi connectivity index (χ0) is 38.7. The summed E-state index contributed by atoms with van der Waals surface area (Å²) in [6, 6.07) is 4.69. The van der Waals surface area contributed by atoms with Crippen molar-refractivity contribution in [3.8, 4) is 22.9 Å². The molecule has 9 rings (SSSR count). The number of cyclic esters (lactones) is 1. The SMILES string of the molecule is CC[C@@]1(O)C(=O)OCc2c1cc1n(c2=O)Cc2c-1nc1cc3c(cc1c2C12CC(NC(=O)[C@H](C)CC(=O)[C@@H](NC(=O)OC(C)(C)C)C(C)C)(C1)C2)OCO3. The minimum atomic E-state index is -1.94. The number of rotatable bonds is 9. The van der Waals surface area contributed by atoms with E-state index >= 15 is 0 Å². The lowest BCUT2D eigenvalue weighted by atomic mass is 9.36. The molecule has 0 radical (unpaired) electrons. The molecule has 0 saturated heterocycles. The number of alkyl carbamates (subject to hydrolysis) is 1. The Morgan fingerprint density at radius 1 is 1.02 bits per heavy atom. The third-order valence-electron chi connectivity index (χ3n) is 11.8. The smallest absolute Gasteiger partial charge is 0.408 e. The van der Waals surface area contributed by atoms with Crippen LogP contribution in [0.4, 0.5) is 4.79 Å². The normalized spacial score (nSPS) is 25.4. The van der Waals surface area contributed by atoms with E-state index in [2.05, 4.69) is 10.6 Å². The zero-order valence-electron chi connectivity index (χ0n) is 31.6. The van der Waals surface area contributed by atoms with Crippen molar-refractivity contribution in [3.05, 3.63) is 50.8 Å². The van der Waals surface area contributed by atoms with Crippen LogP contribution < -0.4 is 25.7 Å². The quantitative estimate of drug-likeness (QED) is 0.209. The van der Waals surface area contributed by atoms with Crippen LogP contribution >= 0.6 is 0 Å². The van der Waals surface area contributed by atoms with Crippen LogP contribution in [0, 0.1) is 11.8 Å². The molecule has 2 amide bonds. The number of nitrogens with one attached hydrogen (secondary N) is 2. The van der Waals surface area contributed by atoms with Gasteiger partial charge >= 0.3 is 12.1 Å². The lowest BCUT2D eigenvalue weighted by Gasteiger charge is -2.71. The van der Waals surface area contributed by atoms with Gasteiger partial charge in [-0.15, -0.1) is 0 Å². The zero-order valence-corrected chi connectivity index (χ0v) is 31.6. The maximum Gasteiger partial charge on any atom is 0.408 e. The van der Waals surface area contributed by atoms with Crippen molar-refractivity contribution < 1.29 is 43.2 Å². The Morgan fingerprint density at radius 3 is 2.35 bits per heavy atom. The van der Waals surface area contributed by atoms with E-state index in [4.69, 9.17) is 23.9 Å². The number of Topliss-reactive ketones (excluding diaryl/α,β-unsaturated/α-hetero) is 1. The molecule has 2 bridgehead atoms. The molecule has 0 unspecified atom stereocenters. The van der Waals surface area contributed by atoms with E-state index < -0.39 is 40.8 Å². The number of carbonyl (C=O) groups excluding carboxylic acids is 4. The molecule has 0 spiro atoms. The number of carbonyl (C=O) groups is 4. The van der Waals surface area contributed by atoms with Crippen molar-refractivity contribution in [2.45, 2.75) is 122 Å². The number of ether oxygens (including phenoxy) is 4. The van der Waals surface area contributed by atoms with Crippen LogP contribution in [0.1, 0.15) is 103 Å². The number of hydrogen-bond acceptors (Lipinski definition) is 11. The van der Waals surface area contributed by atoms with Crippen LogP contribution in [0.15, 0.2) is 23.0 Å². The summed E-state index contributed by atoms with van der Waals surface area (Å²) in [6.07, 6.45) is 1.29. The van der Waals surface area contributed by atoms with Gasteiger partial charge in [0.1, 0.15) is 12.2 Å². The van der Waals surface area contributed by atoms with E-state index in [0.29, 0.717) is 47.7 Å². The maximum atomic E-state index is 14.0. The highest BCUT2D eigenvalue weighted by Crippen LogP contribution is 2.70. The van der Waals surface area contributed by atoms with Gasteiger partial charge in [0.15, 0.2) is 22.9 Å². The minimum absolute atomic E-state index is 0.0395. The second-order valence-electron chi connectivity index (χ2n) is 17.2. The van der Waals surface area contributed by atoms with Gasteiger partial charge in [-0.3, -0.25) is 14.4 Å². The molecular formula is C40H46N4O10. The number of aliphatic hydroxyl groups is 1. The van der Waals surface area contributed by atoms with Gasteiger partial charge in [0.05, 0.1) is 35.1 Å². The molecule has 14 heteroatoms. The van der Waals surface area contributed by atoms with E-state index in [1.165, 1.54) is 0 Å². The molecule has 3 aliphatic carbocycles. The average Bonchev–Trinajstić information content (AvgIpc) is 3.68. The predicted octanol–water partition coefficient (Wildman–Crippen LogP) is 4.24. The van der Waals surface area contributed by atoms with Crippen LogP contribution in [0.2, 0.25) is 0 Å². The van der Waals surface area contributed by atoms with Gasteiger partial charge in [-0.2, -0.15) is 0 Å². The Kier molecular flexibility index (Phi) is 8.01. The van der Waals surface area contributed by atoms with Crippen LogP contribution in [0.3, 0.4) is 0 Å². The van der Waals surface area contributed by atoms with Gasteiger partial charge in [-0.1, -0.05) is 27.7 Å². The van der Waals surface area contributed by atoms with Crippen molar-refractivity contribution >= 4 is 34.7 Å². The van der Waals surface area contributed by atoms with Gasteiger partial charge in [-0.25, -0.2) is 14.6 Å². The third-order valence-corrected chi connectivity index (χ3v) is 11.8. The second kappa shape index (κ2) is 12.0. The van der Waals surface area contributed by atoms with E-state index in [-0.39, 0.29) is 72.5 Å². The molecule has 3 fully saturated rings. The lowest BCUT2D eigenvalue weighted by Crippen LogP contribution is -2.77. The van der Waals surface area contributed by atoms with E-state index in [1.807, 2.05) is 26.0 Å². The summed E-state index contributed by atoms with van der Waals surface area (Å²) in [5.74, 6) is -0.905. The molecule has 54 heavy (non-hydrogen) atoms. The monoisotopic (exact) mass is 742 g/mol. The topological polar surface area (TPSA) is 184 Å². The maximum absolute atomic E-state index is 14.0. The fourth-order valence-electron chi connectivity index (χ4n) is 9.22. The number of amides is 2. The number of ketones is 1. The Hall–Kier alpha value is -4.98. The minimum Gasteiger partial charge on any atom is -0.458 e. The number of pyridine rings is 2. The molecule has 3 saturated carbocycles. The first-order chi connectivity index (χ1) is 25.4. The summed E-state index contributed by atoms with van der Waals surface area (Å²) in [4.78, 5) is 71.2. The van der Waals surface area contributed by atoms with Crippen molar-refractivity contribution in [2.75, 3.05) is 6.79 Å². The van der Waals surface area contributed by atoms with E-state index in [1.54, 1.807) is 45.3 Å². The molecule has 1 aromatic carbocycles. The largest absolute Gasteiger partial charge is 0.458 e. The molecule has 3 aliphatic heterocycles. The Labute approximate surface area is 311 Å². The first kappa shape index (κ1) is 36.0. The molecule has 3 aromatic rings. The van der Waals surface area contributed by atoms with Gasteiger partial charge in [0, 0.05) is 45.9 Å². The number of hydrogen-bond donors (Lipinski definition) is 3. The molecular weight excluding hydrogens is 696 g/mol. The fraction of sp³-hybridized carbons (Fsp3) is 0.550. The lowest BCUT2D eigenvalue weighted by molar-refractivity contribution is -0.172. The molecule has 5 heterocycles. The highest BCUT2D eigenvalue weighted by molar-refractivity contribution is 5.94. The molecule has 3 atom stereocenters. The fourth-order valence-corrected chi connectivity index (χ4v) is 9.22. The van der Waals surface area contributed by atoms with Crippen molar-refractivity contribution in [2.24, 2.45) is 11.8 Å². The third kappa shape index (κ3) is 5.46. The van der Waals surface area contributed by atoms with Crippen LogP contribution in [-0.4, -0.2) is 62.4 Å². The summed E-state index contributed by atoms with van der Waals surface area (Å²) in [5, 5.41) is 18.2. The van der Waals surface area contributed by atoms with Gasteiger partial charge in [0.25, 0.3) is 5.56 Å². The molecule has 3 N–H and O–H groups in total. The van der Waals surface area contributed by atoms with Crippen LogP contribution in [-0.2, 0) is 48.0 Å². The number of nitrogens with zero attached hydrogens (tertiary/aromatic N) is 2. The molecule has 6 aliphatic rings. The molecule has 286 valence electrons. The second-order valence-corrected chi connectivity index (χ2v) is 17.2. The summed E-state index contributed by atoms with van der Waals surface area (Å²) < 4.78 is 23.7. The van der Waals surface area contributed by atoms with Gasteiger partial charge in [0.2, 0.25) is 12.7 Å². The molecule has 2 aromatic heterocycles. The van der Waals surface area contributed by atoms with Crippen LogP contribution in [0.25, 0.3) is 22.3 Å². The number of aromatic nitrogens is 2. The van der Waals surface area contributed by atoms with E-state index in [9.17, 15) is 29.1 Å². The van der Waals surface area contributed by atoms with Crippen molar-refractivity contribution in [1.29, 1.82) is 0 Å². The Bertz CT molecular complexity index is 2220. The first-order valence-electron chi connectivity index (χ1n) is 18.7. The average molecular weight is 743 g/mol. The Morgan fingerprint density at radius 2 is 1.70 bits per heavy atom. The number of esters is 1. The predicted molar refractivity (Wildman–Crippen MR) is 194 cm³/mol. The summed E-state index contributed by atoms with van der Waals surface area (Å²) in [7, 11) is 0. The molecule has 14 nitrogen and oxygen atoms in total. The van der Waals surface area contributed by atoms with Crippen molar-refractivity contribution in [3.63, 3.8) is 0 Å². The van der Waals surface area contributed by atoms with Crippen LogP contribution in [0.5, 0.6) is 11.5 Å². The standard InChI is InChI=1S/C40H46N4O10/c1-8-40(50)24-11-26-32-22(13-44(26)34(47)23(24)14-51-35(40)48)30(21-10-28-29(53-18-52-28)12-25(21)41-32)38-15-39(16-38,17-38)43-33(46)20(4)9-27(45)31(19(2)3)42-36(49)54-37(5,6)7/h10-12,19-20,31,50H,8-9,13-18H2,1-7H3,(H,42,49)(H,43,46)/t20-,31+,38?,39?,40+/m1/s1. The summed E-state index contributed by atoms with van der Waals surface area (Å²) >= 11 is 0. The highest BCUT2D eigenvalue weighted by atomic mass is 16.7. The number of benzene rings is 1. The summed E-state index contributed by atoms with van der Waals surface area (Å²) in [6.45, 7) is 12.4. The Balaban J connectivity index is 1.06. The first-order valence-corrected chi connectivity index (χ1v) is 18.7. The summed E-state index contributed by atoms with van der Waals surface area (Å²) in [5.41, 5.74) is 0.428. The van der Waals surface area contributed by atoms with Gasteiger partial charge in [-0.05, 0) is 70.1 Å². The van der Waals surface area contributed by atoms with E-state index in [0.717, 1.165) is 16.5 Å².